The van der Waals surface area contributed by atoms with Crippen molar-refractivity contribution in [1.82, 2.24) is 4.98 Å². The highest BCUT2D eigenvalue weighted by molar-refractivity contribution is 5.49. The molecule has 0 radical (unpaired) electrons. The van der Waals surface area contributed by atoms with Crippen LogP contribution in [-0.2, 0) is 0 Å². The van der Waals surface area contributed by atoms with Gasteiger partial charge in [0.25, 0.3) is 0 Å². The molecule has 0 bridgehead atoms. The molecule has 0 aliphatic heterocycles. The number of hydrogen-bond donors (Lipinski definition) is 1. The number of aromatic nitrogens is 1. The summed E-state index contributed by atoms with van der Waals surface area (Å²) in [6.07, 6.45) is -4.11. The van der Waals surface area contributed by atoms with Crippen LogP contribution in [0.15, 0.2) is 6.07 Å². The van der Waals surface area contributed by atoms with Crippen LogP contribution < -0.4 is 10.2 Å². The van der Waals surface area contributed by atoms with Gasteiger partial charge in [0.1, 0.15) is 6.54 Å². The first-order valence-corrected chi connectivity index (χ1v) is 6.20. The molecule has 0 unspecified atom stereocenters. The van der Waals surface area contributed by atoms with Crippen LogP contribution in [0.3, 0.4) is 0 Å². The van der Waals surface area contributed by atoms with Gasteiger partial charge in [-0.1, -0.05) is 6.92 Å². The van der Waals surface area contributed by atoms with Gasteiger partial charge in [0.05, 0.1) is 0 Å². The summed E-state index contributed by atoms with van der Waals surface area (Å²) in [7, 11) is 0. The van der Waals surface area contributed by atoms with E-state index in [2.05, 4.69) is 10.3 Å². The fourth-order valence-corrected chi connectivity index (χ4v) is 1.72. The van der Waals surface area contributed by atoms with E-state index in [4.69, 9.17) is 0 Å². The molecule has 0 aromatic carbocycles. The zero-order valence-electron chi connectivity index (χ0n) is 11.2. The van der Waals surface area contributed by atoms with Crippen molar-refractivity contribution in [2.24, 2.45) is 0 Å². The predicted octanol–water partition coefficient (Wildman–Crippen LogP) is 3.57. The normalized spacial score (nSPS) is 11.6. The number of alkyl halides is 3. The Morgan fingerprint density at radius 3 is 2.35 bits per heavy atom. The van der Waals surface area contributed by atoms with E-state index in [1.807, 2.05) is 0 Å². The fraction of sp³-hybridized carbons (Fsp3) is 0.583. The highest BCUT2D eigenvalue weighted by atomic mass is 19.4. The molecule has 0 fully saturated rings. The average molecular weight is 297 g/mol. The van der Waals surface area contributed by atoms with Gasteiger partial charge in [-0.2, -0.15) is 13.2 Å². The summed E-state index contributed by atoms with van der Waals surface area (Å²) >= 11 is 0. The monoisotopic (exact) mass is 297 g/mol. The van der Waals surface area contributed by atoms with Crippen molar-refractivity contribution in [3.8, 4) is 0 Å². The molecule has 0 aliphatic carbocycles. The van der Waals surface area contributed by atoms with E-state index in [1.54, 1.807) is 13.8 Å². The van der Waals surface area contributed by atoms with Crippen LogP contribution in [0.4, 0.5) is 33.6 Å². The minimum atomic E-state index is -4.49. The summed E-state index contributed by atoms with van der Waals surface area (Å²) in [6.45, 7) is 2.30. The number of pyridine rings is 1. The molecule has 1 heterocycles. The Labute approximate surface area is 113 Å². The minimum absolute atomic E-state index is 0.0272. The number of nitrogens with zero attached hydrogens (tertiary/aromatic N) is 2. The molecule has 0 atom stereocenters. The zero-order valence-corrected chi connectivity index (χ0v) is 11.2. The van der Waals surface area contributed by atoms with Crippen LogP contribution in [0.25, 0.3) is 0 Å². The highest BCUT2D eigenvalue weighted by Gasteiger charge is 2.32. The summed E-state index contributed by atoms with van der Waals surface area (Å²) in [5, 5.41) is 2.54. The van der Waals surface area contributed by atoms with Crippen molar-refractivity contribution in [2.75, 3.05) is 29.9 Å². The summed E-state index contributed by atoms with van der Waals surface area (Å²) in [4.78, 5) is 4.39. The SMILES string of the molecule is CCCN(CC(F)(F)F)c1nc(NCC)c(F)cc1F. The Kier molecular flexibility index (Phi) is 5.52. The molecule has 8 heteroatoms. The molecule has 114 valence electrons. The summed E-state index contributed by atoms with van der Waals surface area (Å²) in [6, 6.07) is 0.541. The quantitative estimate of drug-likeness (QED) is 0.814. The molecular formula is C12H16F5N3. The Morgan fingerprint density at radius 2 is 1.85 bits per heavy atom. The van der Waals surface area contributed by atoms with E-state index in [-0.39, 0.29) is 12.4 Å². The summed E-state index contributed by atoms with van der Waals surface area (Å²) < 4.78 is 64.6. The molecule has 1 aromatic rings. The Bertz CT molecular complexity index is 447. The van der Waals surface area contributed by atoms with Gasteiger partial charge in [-0.05, 0) is 13.3 Å². The van der Waals surface area contributed by atoms with Gasteiger partial charge in [-0.15, -0.1) is 0 Å². The minimum Gasteiger partial charge on any atom is -0.368 e. The van der Waals surface area contributed by atoms with Gasteiger partial charge < -0.3 is 10.2 Å². The van der Waals surface area contributed by atoms with E-state index >= 15 is 0 Å². The smallest absolute Gasteiger partial charge is 0.368 e. The highest BCUT2D eigenvalue weighted by Crippen LogP contribution is 2.26. The molecule has 0 spiro atoms. The van der Waals surface area contributed by atoms with E-state index in [9.17, 15) is 22.0 Å². The number of nitrogens with one attached hydrogen (secondary N) is 1. The standard InChI is InChI=1S/C12H16F5N3/c1-3-5-20(7-12(15,16)17)11-9(14)6-8(13)10(19-11)18-4-2/h6H,3-5,7H2,1-2H3,(H,18,19). The molecule has 20 heavy (non-hydrogen) atoms. The first-order chi connectivity index (χ1) is 9.28. The van der Waals surface area contributed by atoms with E-state index in [0.717, 1.165) is 4.90 Å². The molecule has 0 amide bonds. The van der Waals surface area contributed by atoms with Gasteiger partial charge in [0.2, 0.25) is 0 Å². The second-order valence-corrected chi connectivity index (χ2v) is 4.19. The van der Waals surface area contributed by atoms with E-state index < -0.39 is 30.2 Å². The molecular weight excluding hydrogens is 281 g/mol. The lowest BCUT2D eigenvalue weighted by atomic mass is 10.3. The number of hydrogen-bond acceptors (Lipinski definition) is 3. The summed E-state index contributed by atoms with van der Waals surface area (Å²) in [5.41, 5.74) is 0. The Balaban J connectivity index is 3.14. The second-order valence-electron chi connectivity index (χ2n) is 4.19. The molecule has 0 saturated heterocycles. The van der Waals surface area contributed by atoms with Crippen molar-refractivity contribution in [3.05, 3.63) is 17.7 Å². The third-order valence-electron chi connectivity index (χ3n) is 2.42. The third kappa shape index (κ3) is 4.50. The fourth-order valence-electron chi connectivity index (χ4n) is 1.72. The van der Waals surface area contributed by atoms with Crippen LogP contribution in [0.1, 0.15) is 20.3 Å². The van der Waals surface area contributed by atoms with Crippen molar-refractivity contribution in [3.63, 3.8) is 0 Å². The van der Waals surface area contributed by atoms with Gasteiger partial charge in [-0.25, -0.2) is 13.8 Å². The lowest BCUT2D eigenvalue weighted by Crippen LogP contribution is -2.36. The maximum atomic E-state index is 13.7. The van der Waals surface area contributed by atoms with Crippen LogP contribution in [0, 0.1) is 11.6 Å². The maximum absolute atomic E-state index is 13.7. The Hall–Kier alpha value is -1.60. The van der Waals surface area contributed by atoms with E-state index in [0.29, 0.717) is 19.0 Å². The van der Waals surface area contributed by atoms with Gasteiger partial charge in [-0.3, -0.25) is 0 Å². The van der Waals surface area contributed by atoms with Crippen LogP contribution in [0.5, 0.6) is 0 Å². The number of rotatable bonds is 6. The largest absolute Gasteiger partial charge is 0.405 e. The average Bonchev–Trinajstić information content (AvgIpc) is 2.30. The zero-order chi connectivity index (χ0) is 15.3. The summed E-state index contributed by atoms with van der Waals surface area (Å²) in [5.74, 6) is -2.80. The lowest BCUT2D eigenvalue weighted by Gasteiger charge is -2.25. The van der Waals surface area contributed by atoms with Gasteiger partial charge in [0, 0.05) is 19.2 Å². The van der Waals surface area contributed by atoms with Gasteiger partial charge >= 0.3 is 6.18 Å². The second kappa shape index (κ2) is 6.71. The number of anilines is 2. The van der Waals surface area contributed by atoms with E-state index in [1.165, 1.54) is 0 Å². The third-order valence-corrected chi connectivity index (χ3v) is 2.42. The van der Waals surface area contributed by atoms with Crippen molar-refractivity contribution in [2.45, 2.75) is 26.4 Å². The topological polar surface area (TPSA) is 28.2 Å². The first-order valence-electron chi connectivity index (χ1n) is 6.20. The molecule has 3 nitrogen and oxygen atoms in total. The molecule has 1 N–H and O–H groups in total. The molecule has 0 saturated carbocycles. The first kappa shape index (κ1) is 16.5. The lowest BCUT2D eigenvalue weighted by molar-refractivity contribution is -0.119. The van der Waals surface area contributed by atoms with Crippen LogP contribution in [0.2, 0.25) is 0 Å². The van der Waals surface area contributed by atoms with Crippen molar-refractivity contribution >= 4 is 11.6 Å². The van der Waals surface area contributed by atoms with Crippen molar-refractivity contribution < 1.29 is 22.0 Å². The maximum Gasteiger partial charge on any atom is 0.405 e. The van der Waals surface area contributed by atoms with Crippen LogP contribution >= 0.6 is 0 Å². The van der Waals surface area contributed by atoms with Crippen LogP contribution in [-0.4, -0.2) is 30.8 Å². The molecule has 1 aromatic heterocycles. The number of halogens is 5. The molecule has 1 rings (SSSR count). The van der Waals surface area contributed by atoms with Crippen molar-refractivity contribution in [1.29, 1.82) is 0 Å². The predicted molar refractivity (Wildman–Crippen MR) is 66.9 cm³/mol. The Morgan fingerprint density at radius 1 is 1.20 bits per heavy atom. The van der Waals surface area contributed by atoms with Gasteiger partial charge in [0.15, 0.2) is 23.3 Å². The molecule has 0 aliphatic rings.